The summed E-state index contributed by atoms with van der Waals surface area (Å²) in [4.78, 5) is 22.4. The van der Waals surface area contributed by atoms with Crippen LogP contribution in [0.4, 0.5) is 11.4 Å². The zero-order chi connectivity index (χ0) is 15.6. The molecule has 0 aliphatic heterocycles. The van der Waals surface area contributed by atoms with E-state index in [2.05, 4.69) is 15.5 Å². The van der Waals surface area contributed by atoms with Gasteiger partial charge in [0.25, 0.3) is 11.6 Å². The van der Waals surface area contributed by atoms with Crippen molar-refractivity contribution < 1.29 is 9.72 Å². The summed E-state index contributed by atoms with van der Waals surface area (Å²) in [6, 6.07) is 5.86. The second kappa shape index (κ2) is 5.84. The van der Waals surface area contributed by atoms with Gasteiger partial charge in [-0.1, -0.05) is 11.6 Å². The number of hydrogen-bond acceptors (Lipinski definition) is 5. The Balaban J connectivity index is 2.27. The molecule has 1 N–H and O–H groups in total. The van der Waals surface area contributed by atoms with Crippen LogP contribution in [-0.2, 0) is 0 Å². The van der Waals surface area contributed by atoms with Crippen molar-refractivity contribution in [1.29, 1.82) is 0 Å². The molecule has 21 heavy (non-hydrogen) atoms. The molecule has 1 amide bonds. The molecule has 0 aliphatic carbocycles. The number of anilines is 1. The number of halogens is 1. The van der Waals surface area contributed by atoms with Crippen LogP contribution in [0.25, 0.3) is 0 Å². The number of amides is 1. The second-order valence-electron chi connectivity index (χ2n) is 4.41. The number of benzene rings is 1. The Bertz CT molecular complexity index is 716. The van der Waals surface area contributed by atoms with Gasteiger partial charge in [0, 0.05) is 17.3 Å². The molecule has 0 atom stereocenters. The SMILES string of the molecule is Cc1cc([N+](=O)[O-])c(C)cc1NC(=O)c1ccc(Cl)nn1. The molecule has 1 aromatic carbocycles. The van der Waals surface area contributed by atoms with E-state index in [4.69, 9.17) is 11.6 Å². The molecule has 8 heteroatoms. The molecule has 0 bridgehead atoms. The summed E-state index contributed by atoms with van der Waals surface area (Å²) in [5, 5.41) is 20.9. The average Bonchev–Trinajstić information content (AvgIpc) is 2.42. The van der Waals surface area contributed by atoms with Crippen molar-refractivity contribution >= 4 is 28.9 Å². The normalized spacial score (nSPS) is 10.2. The van der Waals surface area contributed by atoms with Gasteiger partial charge in [-0.2, -0.15) is 0 Å². The summed E-state index contributed by atoms with van der Waals surface area (Å²) in [6.45, 7) is 3.28. The first kappa shape index (κ1) is 14.9. The van der Waals surface area contributed by atoms with Crippen LogP contribution in [-0.4, -0.2) is 21.0 Å². The third-order valence-corrected chi connectivity index (χ3v) is 3.05. The number of hydrogen-bond donors (Lipinski definition) is 1. The van der Waals surface area contributed by atoms with Gasteiger partial charge >= 0.3 is 0 Å². The van der Waals surface area contributed by atoms with Crippen molar-refractivity contribution in [3.8, 4) is 0 Å². The lowest BCUT2D eigenvalue weighted by Gasteiger charge is -2.09. The number of rotatable bonds is 3. The van der Waals surface area contributed by atoms with Gasteiger partial charge in [-0.05, 0) is 37.6 Å². The number of nitrogens with one attached hydrogen (secondary N) is 1. The fourth-order valence-electron chi connectivity index (χ4n) is 1.76. The second-order valence-corrected chi connectivity index (χ2v) is 4.79. The van der Waals surface area contributed by atoms with Crippen LogP contribution in [0.3, 0.4) is 0 Å². The third kappa shape index (κ3) is 3.32. The Morgan fingerprint density at radius 1 is 1.24 bits per heavy atom. The molecular weight excluding hydrogens is 296 g/mol. The molecule has 2 rings (SSSR count). The monoisotopic (exact) mass is 306 g/mol. The van der Waals surface area contributed by atoms with Crippen LogP contribution in [0.2, 0.25) is 5.15 Å². The summed E-state index contributed by atoms with van der Waals surface area (Å²) < 4.78 is 0. The van der Waals surface area contributed by atoms with Crippen molar-refractivity contribution in [2.75, 3.05) is 5.32 Å². The maximum Gasteiger partial charge on any atom is 0.276 e. The number of nitro groups is 1. The van der Waals surface area contributed by atoms with E-state index >= 15 is 0 Å². The summed E-state index contributed by atoms with van der Waals surface area (Å²) in [5.41, 5.74) is 1.65. The van der Waals surface area contributed by atoms with Crippen LogP contribution >= 0.6 is 11.6 Å². The highest BCUT2D eigenvalue weighted by Gasteiger charge is 2.16. The summed E-state index contributed by atoms with van der Waals surface area (Å²) >= 11 is 5.60. The van der Waals surface area contributed by atoms with Gasteiger partial charge in [-0.3, -0.25) is 14.9 Å². The zero-order valence-electron chi connectivity index (χ0n) is 11.3. The maximum absolute atomic E-state index is 12.0. The highest BCUT2D eigenvalue weighted by atomic mass is 35.5. The molecule has 1 heterocycles. The van der Waals surface area contributed by atoms with E-state index in [1.807, 2.05) is 0 Å². The average molecular weight is 307 g/mol. The lowest BCUT2D eigenvalue weighted by molar-refractivity contribution is -0.385. The molecule has 0 saturated heterocycles. The van der Waals surface area contributed by atoms with E-state index in [1.165, 1.54) is 18.2 Å². The Morgan fingerprint density at radius 3 is 2.52 bits per heavy atom. The minimum Gasteiger partial charge on any atom is -0.320 e. The van der Waals surface area contributed by atoms with Gasteiger partial charge in [0.15, 0.2) is 10.8 Å². The third-order valence-electron chi connectivity index (χ3n) is 2.85. The van der Waals surface area contributed by atoms with Gasteiger partial charge < -0.3 is 5.32 Å². The van der Waals surface area contributed by atoms with E-state index in [0.717, 1.165) is 0 Å². The summed E-state index contributed by atoms with van der Waals surface area (Å²) in [7, 11) is 0. The molecule has 0 fully saturated rings. The lowest BCUT2D eigenvalue weighted by Crippen LogP contribution is -2.15. The maximum atomic E-state index is 12.0. The predicted molar refractivity (Wildman–Crippen MR) is 77.6 cm³/mol. The number of carbonyl (C=O) groups excluding carboxylic acids is 1. The molecule has 7 nitrogen and oxygen atoms in total. The number of nitrogens with zero attached hydrogens (tertiary/aromatic N) is 3. The van der Waals surface area contributed by atoms with Crippen LogP contribution in [0.1, 0.15) is 21.6 Å². The van der Waals surface area contributed by atoms with Gasteiger partial charge in [-0.25, -0.2) is 0 Å². The van der Waals surface area contributed by atoms with Crippen molar-refractivity contribution in [1.82, 2.24) is 10.2 Å². The van der Waals surface area contributed by atoms with Crippen molar-refractivity contribution in [3.63, 3.8) is 0 Å². The molecule has 2 aromatic rings. The molecular formula is C13H11ClN4O3. The van der Waals surface area contributed by atoms with Crippen LogP contribution in [0.15, 0.2) is 24.3 Å². The molecule has 0 aliphatic rings. The highest BCUT2D eigenvalue weighted by Crippen LogP contribution is 2.26. The summed E-state index contributed by atoms with van der Waals surface area (Å²) in [6.07, 6.45) is 0. The summed E-state index contributed by atoms with van der Waals surface area (Å²) in [5.74, 6) is -0.462. The van der Waals surface area contributed by atoms with Gasteiger partial charge in [0.2, 0.25) is 0 Å². The van der Waals surface area contributed by atoms with E-state index < -0.39 is 10.8 Å². The highest BCUT2D eigenvalue weighted by molar-refractivity contribution is 6.29. The minimum absolute atomic E-state index is 0.0109. The van der Waals surface area contributed by atoms with Crippen molar-refractivity contribution in [2.45, 2.75) is 13.8 Å². The predicted octanol–water partition coefficient (Wildman–Crippen LogP) is 2.91. The number of carbonyl (C=O) groups is 1. The van der Waals surface area contributed by atoms with Crippen molar-refractivity contribution in [3.05, 3.63) is 56.4 Å². The molecule has 0 saturated carbocycles. The van der Waals surface area contributed by atoms with E-state index in [-0.39, 0.29) is 16.5 Å². The molecule has 1 aromatic heterocycles. The Hall–Kier alpha value is -2.54. The quantitative estimate of drug-likeness (QED) is 0.694. The molecule has 0 radical (unpaired) electrons. The number of aromatic nitrogens is 2. The van der Waals surface area contributed by atoms with E-state index in [0.29, 0.717) is 16.8 Å². The Labute approximate surface area is 125 Å². The molecule has 108 valence electrons. The topological polar surface area (TPSA) is 98.0 Å². The smallest absolute Gasteiger partial charge is 0.276 e. The first-order valence-corrected chi connectivity index (χ1v) is 6.32. The van der Waals surface area contributed by atoms with E-state index in [9.17, 15) is 14.9 Å². The minimum atomic E-state index is -0.462. The number of nitro benzene ring substituents is 1. The molecule has 0 spiro atoms. The molecule has 0 unspecified atom stereocenters. The number of aryl methyl sites for hydroxylation is 2. The Morgan fingerprint density at radius 2 is 1.95 bits per heavy atom. The Kier molecular flexibility index (Phi) is 4.13. The fraction of sp³-hybridized carbons (Fsp3) is 0.154. The van der Waals surface area contributed by atoms with Crippen LogP contribution in [0, 0.1) is 24.0 Å². The van der Waals surface area contributed by atoms with E-state index in [1.54, 1.807) is 19.9 Å². The largest absolute Gasteiger partial charge is 0.320 e. The van der Waals surface area contributed by atoms with Crippen LogP contribution in [0.5, 0.6) is 0 Å². The standard InChI is InChI=1S/C13H11ClN4O3/c1-7-6-11(18(20)21)8(2)5-10(7)15-13(19)9-3-4-12(14)17-16-9/h3-6H,1-2H3,(H,15,19). The fourth-order valence-corrected chi connectivity index (χ4v) is 1.86. The van der Waals surface area contributed by atoms with Crippen molar-refractivity contribution in [2.24, 2.45) is 0 Å². The lowest BCUT2D eigenvalue weighted by atomic mass is 10.1. The first-order chi connectivity index (χ1) is 9.88. The van der Waals surface area contributed by atoms with Crippen LogP contribution < -0.4 is 5.32 Å². The van der Waals surface area contributed by atoms with Gasteiger partial charge in [-0.15, -0.1) is 10.2 Å². The van der Waals surface area contributed by atoms with Gasteiger partial charge in [0.1, 0.15) is 0 Å². The zero-order valence-corrected chi connectivity index (χ0v) is 12.0. The van der Waals surface area contributed by atoms with Gasteiger partial charge in [0.05, 0.1) is 4.92 Å². The first-order valence-electron chi connectivity index (χ1n) is 5.94.